The molecule has 4 rings (SSSR count). The van der Waals surface area contributed by atoms with E-state index in [2.05, 4.69) is 20.6 Å². The van der Waals surface area contributed by atoms with Gasteiger partial charge in [0.1, 0.15) is 0 Å². The third kappa shape index (κ3) is 3.55. The standard InChI is InChI=1S/C18H15N5O2S/c24-17(14-6-2-1-5-13(14)12-23-9-4-8-20-23)19-11-16-21-22-18(25-16)15-7-3-10-26-15/h1-10H,11-12H2,(H,19,24). The van der Waals surface area contributed by atoms with Gasteiger partial charge >= 0.3 is 0 Å². The number of nitrogens with one attached hydrogen (secondary N) is 1. The Balaban J connectivity index is 1.44. The number of benzene rings is 1. The molecule has 0 fully saturated rings. The molecule has 0 spiro atoms. The summed E-state index contributed by atoms with van der Waals surface area (Å²) in [5.74, 6) is 0.637. The predicted molar refractivity (Wildman–Crippen MR) is 96.6 cm³/mol. The molecule has 0 unspecified atom stereocenters. The summed E-state index contributed by atoms with van der Waals surface area (Å²) in [5, 5.41) is 16.9. The zero-order valence-corrected chi connectivity index (χ0v) is 14.5. The number of thiophene rings is 1. The van der Waals surface area contributed by atoms with Gasteiger partial charge in [-0.15, -0.1) is 21.5 Å². The van der Waals surface area contributed by atoms with Crippen molar-refractivity contribution in [1.29, 1.82) is 0 Å². The second kappa shape index (κ2) is 7.32. The molecule has 0 aliphatic carbocycles. The largest absolute Gasteiger partial charge is 0.418 e. The van der Waals surface area contributed by atoms with Crippen molar-refractivity contribution >= 4 is 17.2 Å². The summed E-state index contributed by atoms with van der Waals surface area (Å²) in [6.45, 7) is 0.701. The molecule has 7 nitrogen and oxygen atoms in total. The minimum atomic E-state index is -0.191. The lowest BCUT2D eigenvalue weighted by molar-refractivity contribution is 0.0946. The quantitative estimate of drug-likeness (QED) is 0.568. The number of carbonyl (C=O) groups is 1. The molecule has 0 saturated carbocycles. The fraction of sp³-hybridized carbons (Fsp3) is 0.111. The summed E-state index contributed by atoms with van der Waals surface area (Å²) in [6, 6.07) is 13.1. The van der Waals surface area contributed by atoms with E-state index < -0.39 is 0 Å². The number of carbonyl (C=O) groups excluding carboxylic acids is 1. The van der Waals surface area contributed by atoms with Crippen molar-refractivity contribution in [3.05, 3.63) is 77.3 Å². The maximum atomic E-state index is 12.6. The molecule has 130 valence electrons. The van der Waals surface area contributed by atoms with E-state index in [0.29, 0.717) is 23.9 Å². The van der Waals surface area contributed by atoms with Crippen LogP contribution in [0.5, 0.6) is 0 Å². The van der Waals surface area contributed by atoms with Gasteiger partial charge in [0.25, 0.3) is 11.8 Å². The van der Waals surface area contributed by atoms with E-state index in [-0.39, 0.29) is 12.5 Å². The Morgan fingerprint density at radius 3 is 2.88 bits per heavy atom. The van der Waals surface area contributed by atoms with Crippen LogP contribution in [0, 0.1) is 0 Å². The Kier molecular flexibility index (Phi) is 4.57. The van der Waals surface area contributed by atoms with Crippen LogP contribution in [0.1, 0.15) is 21.8 Å². The molecule has 0 aliphatic rings. The molecule has 0 atom stereocenters. The minimum absolute atomic E-state index is 0.174. The van der Waals surface area contributed by atoms with E-state index in [1.807, 2.05) is 48.0 Å². The van der Waals surface area contributed by atoms with Gasteiger partial charge in [-0.1, -0.05) is 24.3 Å². The molecule has 8 heteroatoms. The molecule has 1 N–H and O–H groups in total. The van der Waals surface area contributed by atoms with Crippen molar-refractivity contribution in [3.63, 3.8) is 0 Å². The highest BCUT2D eigenvalue weighted by Gasteiger charge is 2.14. The van der Waals surface area contributed by atoms with Crippen LogP contribution in [-0.2, 0) is 13.1 Å². The number of hydrogen-bond acceptors (Lipinski definition) is 6. The van der Waals surface area contributed by atoms with Crippen LogP contribution in [0.4, 0.5) is 0 Å². The lowest BCUT2D eigenvalue weighted by atomic mass is 10.1. The molecule has 3 heterocycles. The molecular weight excluding hydrogens is 350 g/mol. The first-order valence-electron chi connectivity index (χ1n) is 7.99. The SMILES string of the molecule is O=C(NCc1nnc(-c2cccs2)o1)c1ccccc1Cn1cccn1. The average Bonchev–Trinajstić information content (AvgIpc) is 3.41. The smallest absolute Gasteiger partial charge is 0.257 e. The lowest BCUT2D eigenvalue weighted by Crippen LogP contribution is -2.24. The van der Waals surface area contributed by atoms with Gasteiger partial charge in [0.2, 0.25) is 5.89 Å². The van der Waals surface area contributed by atoms with Gasteiger partial charge in [-0.25, -0.2) is 0 Å². The third-order valence-corrected chi connectivity index (χ3v) is 4.61. The first-order chi connectivity index (χ1) is 12.8. The Bertz CT molecular complexity index is 992. The Hall–Kier alpha value is -3.26. The van der Waals surface area contributed by atoms with Crippen molar-refractivity contribution in [2.24, 2.45) is 0 Å². The van der Waals surface area contributed by atoms with E-state index in [1.165, 1.54) is 11.3 Å². The van der Waals surface area contributed by atoms with Gasteiger partial charge in [-0.3, -0.25) is 9.48 Å². The monoisotopic (exact) mass is 365 g/mol. The number of amides is 1. The number of nitrogens with zero attached hydrogens (tertiary/aromatic N) is 4. The summed E-state index contributed by atoms with van der Waals surface area (Å²) in [5.41, 5.74) is 1.49. The van der Waals surface area contributed by atoms with Gasteiger partial charge in [0.15, 0.2) is 0 Å². The Morgan fingerprint density at radius 1 is 1.15 bits per heavy atom. The molecular formula is C18H15N5O2S. The molecule has 1 amide bonds. The molecule has 4 aromatic rings. The Labute approximate surface area is 153 Å². The van der Waals surface area contributed by atoms with E-state index >= 15 is 0 Å². The van der Waals surface area contributed by atoms with Crippen molar-refractivity contribution in [2.45, 2.75) is 13.1 Å². The van der Waals surface area contributed by atoms with Crippen LogP contribution in [0.3, 0.4) is 0 Å². The second-order valence-corrected chi connectivity index (χ2v) is 6.47. The first-order valence-corrected chi connectivity index (χ1v) is 8.87. The fourth-order valence-corrected chi connectivity index (χ4v) is 3.17. The van der Waals surface area contributed by atoms with Crippen molar-refractivity contribution in [3.8, 4) is 10.8 Å². The summed E-state index contributed by atoms with van der Waals surface area (Å²) in [7, 11) is 0. The summed E-state index contributed by atoms with van der Waals surface area (Å²) < 4.78 is 7.36. The second-order valence-electron chi connectivity index (χ2n) is 5.52. The van der Waals surface area contributed by atoms with Crippen molar-refractivity contribution in [2.75, 3.05) is 0 Å². The van der Waals surface area contributed by atoms with Crippen molar-refractivity contribution in [1.82, 2.24) is 25.3 Å². The zero-order chi connectivity index (χ0) is 17.8. The maximum absolute atomic E-state index is 12.6. The normalized spacial score (nSPS) is 10.8. The summed E-state index contributed by atoms with van der Waals surface area (Å²) in [6.07, 6.45) is 3.57. The zero-order valence-electron chi connectivity index (χ0n) is 13.7. The topological polar surface area (TPSA) is 85.8 Å². The first kappa shape index (κ1) is 16.2. The average molecular weight is 365 g/mol. The highest BCUT2D eigenvalue weighted by molar-refractivity contribution is 7.13. The van der Waals surface area contributed by atoms with E-state index in [4.69, 9.17) is 4.42 Å². The molecule has 26 heavy (non-hydrogen) atoms. The van der Waals surface area contributed by atoms with Crippen LogP contribution < -0.4 is 5.32 Å². The van der Waals surface area contributed by atoms with Crippen LogP contribution in [-0.4, -0.2) is 25.9 Å². The molecule has 1 aromatic carbocycles. The molecule has 3 aromatic heterocycles. The van der Waals surface area contributed by atoms with Crippen LogP contribution in [0.15, 0.2) is 64.7 Å². The maximum Gasteiger partial charge on any atom is 0.257 e. The van der Waals surface area contributed by atoms with Crippen LogP contribution >= 0.6 is 11.3 Å². The van der Waals surface area contributed by atoms with Crippen molar-refractivity contribution < 1.29 is 9.21 Å². The molecule has 0 saturated heterocycles. The van der Waals surface area contributed by atoms with Gasteiger partial charge in [0.05, 0.1) is 18.0 Å². The van der Waals surface area contributed by atoms with Gasteiger partial charge in [0, 0.05) is 18.0 Å². The van der Waals surface area contributed by atoms with Crippen LogP contribution in [0.2, 0.25) is 0 Å². The number of hydrogen-bond donors (Lipinski definition) is 1. The van der Waals surface area contributed by atoms with Crippen LogP contribution in [0.25, 0.3) is 10.8 Å². The summed E-state index contributed by atoms with van der Waals surface area (Å²) >= 11 is 1.52. The highest BCUT2D eigenvalue weighted by Crippen LogP contribution is 2.22. The molecule has 0 bridgehead atoms. The fourth-order valence-electron chi connectivity index (χ4n) is 2.52. The highest BCUT2D eigenvalue weighted by atomic mass is 32.1. The third-order valence-electron chi connectivity index (χ3n) is 3.75. The minimum Gasteiger partial charge on any atom is -0.418 e. The number of rotatable bonds is 6. The van der Waals surface area contributed by atoms with Gasteiger partial charge in [-0.05, 0) is 29.1 Å². The predicted octanol–water partition coefficient (Wildman–Crippen LogP) is 2.97. The number of aromatic nitrogens is 4. The van der Waals surface area contributed by atoms with E-state index in [9.17, 15) is 4.79 Å². The lowest BCUT2D eigenvalue weighted by Gasteiger charge is -2.09. The van der Waals surface area contributed by atoms with E-state index in [0.717, 1.165) is 10.4 Å². The molecule has 0 aliphatic heterocycles. The van der Waals surface area contributed by atoms with E-state index in [1.54, 1.807) is 16.9 Å². The summed E-state index contributed by atoms with van der Waals surface area (Å²) in [4.78, 5) is 13.5. The van der Waals surface area contributed by atoms with Gasteiger partial charge < -0.3 is 9.73 Å². The molecule has 0 radical (unpaired) electrons. The Morgan fingerprint density at radius 2 is 2.08 bits per heavy atom. The van der Waals surface area contributed by atoms with Gasteiger partial charge in [-0.2, -0.15) is 5.10 Å².